The van der Waals surface area contributed by atoms with Gasteiger partial charge in [0.05, 0.1) is 13.0 Å². The maximum atomic E-state index is 11.3. The van der Waals surface area contributed by atoms with Crippen molar-refractivity contribution in [3.05, 3.63) is 29.8 Å². The molecule has 0 heterocycles. The smallest absolute Gasteiger partial charge is 0.223 e. The monoisotopic (exact) mass is 264 g/mol. The van der Waals surface area contributed by atoms with E-state index >= 15 is 0 Å². The average molecular weight is 264 g/mol. The summed E-state index contributed by atoms with van der Waals surface area (Å²) in [5.41, 5.74) is 1.13. The van der Waals surface area contributed by atoms with Crippen LogP contribution in [0.1, 0.15) is 32.3 Å². The summed E-state index contributed by atoms with van der Waals surface area (Å²) < 4.78 is 5.68. The van der Waals surface area contributed by atoms with E-state index in [0.29, 0.717) is 19.6 Å². The summed E-state index contributed by atoms with van der Waals surface area (Å²) in [4.78, 5) is 11.3. The first kappa shape index (κ1) is 15.5. The van der Waals surface area contributed by atoms with Crippen molar-refractivity contribution < 1.29 is 9.53 Å². The summed E-state index contributed by atoms with van der Waals surface area (Å²) in [6.45, 7) is 6.92. The Morgan fingerprint density at radius 1 is 1.26 bits per heavy atom. The van der Waals surface area contributed by atoms with E-state index in [0.717, 1.165) is 30.8 Å². The van der Waals surface area contributed by atoms with Gasteiger partial charge in [0.2, 0.25) is 5.91 Å². The molecule has 0 spiro atoms. The van der Waals surface area contributed by atoms with Gasteiger partial charge in [-0.2, -0.15) is 0 Å². The predicted molar refractivity (Wildman–Crippen MR) is 77.2 cm³/mol. The van der Waals surface area contributed by atoms with Crippen LogP contribution in [0.15, 0.2) is 24.3 Å². The van der Waals surface area contributed by atoms with Crippen LogP contribution in [0.4, 0.5) is 0 Å². The Kier molecular flexibility index (Phi) is 7.66. The van der Waals surface area contributed by atoms with Crippen molar-refractivity contribution in [1.82, 2.24) is 10.6 Å². The Hall–Kier alpha value is -1.55. The lowest BCUT2D eigenvalue weighted by molar-refractivity contribution is -0.121. The highest BCUT2D eigenvalue weighted by Crippen LogP contribution is 2.17. The predicted octanol–water partition coefficient (Wildman–Crippen LogP) is 2.09. The van der Waals surface area contributed by atoms with Gasteiger partial charge < -0.3 is 15.4 Å². The van der Waals surface area contributed by atoms with Crippen LogP contribution in [0.3, 0.4) is 0 Å². The summed E-state index contributed by atoms with van der Waals surface area (Å²) in [5, 5.41) is 6.11. The lowest BCUT2D eigenvalue weighted by atomic mass is 10.2. The number of hydrogen-bond donors (Lipinski definition) is 2. The number of amides is 1. The first-order chi connectivity index (χ1) is 9.27. The molecule has 0 unspecified atom stereocenters. The molecule has 0 aromatic heterocycles. The van der Waals surface area contributed by atoms with E-state index in [-0.39, 0.29) is 5.91 Å². The first-order valence-electron chi connectivity index (χ1n) is 6.96. The Bertz CT molecular complexity index is 380. The third kappa shape index (κ3) is 6.25. The zero-order valence-electron chi connectivity index (χ0n) is 11.9. The SMILES string of the molecule is CCCNCc1ccccc1OCCC(=O)NCC. The normalized spacial score (nSPS) is 10.2. The topological polar surface area (TPSA) is 50.4 Å². The van der Waals surface area contributed by atoms with E-state index in [9.17, 15) is 4.79 Å². The highest BCUT2D eigenvalue weighted by molar-refractivity contribution is 5.75. The summed E-state index contributed by atoms with van der Waals surface area (Å²) in [7, 11) is 0. The summed E-state index contributed by atoms with van der Waals surface area (Å²) in [5.74, 6) is 0.888. The van der Waals surface area contributed by atoms with Crippen LogP contribution < -0.4 is 15.4 Å². The number of rotatable bonds is 9. The van der Waals surface area contributed by atoms with Gasteiger partial charge in [-0.25, -0.2) is 0 Å². The second-order valence-corrected chi connectivity index (χ2v) is 4.34. The molecule has 19 heavy (non-hydrogen) atoms. The number of ether oxygens (including phenoxy) is 1. The van der Waals surface area contributed by atoms with Gasteiger partial charge in [0, 0.05) is 18.7 Å². The van der Waals surface area contributed by atoms with Crippen molar-refractivity contribution in [2.75, 3.05) is 19.7 Å². The minimum absolute atomic E-state index is 0.0316. The first-order valence-corrected chi connectivity index (χ1v) is 6.96. The molecule has 1 rings (SSSR count). The van der Waals surface area contributed by atoms with Gasteiger partial charge in [-0.05, 0) is 26.0 Å². The van der Waals surface area contributed by atoms with Crippen molar-refractivity contribution in [1.29, 1.82) is 0 Å². The molecular weight excluding hydrogens is 240 g/mol. The molecule has 0 aliphatic rings. The van der Waals surface area contributed by atoms with Crippen LogP contribution in [0, 0.1) is 0 Å². The lowest BCUT2D eigenvalue weighted by Gasteiger charge is -2.11. The van der Waals surface area contributed by atoms with Crippen LogP contribution in [-0.2, 0) is 11.3 Å². The Morgan fingerprint density at radius 2 is 2.05 bits per heavy atom. The highest BCUT2D eigenvalue weighted by atomic mass is 16.5. The summed E-state index contributed by atoms with van der Waals surface area (Å²) in [6, 6.07) is 7.94. The molecule has 0 atom stereocenters. The largest absolute Gasteiger partial charge is 0.493 e. The lowest BCUT2D eigenvalue weighted by Crippen LogP contribution is -2.24. The average Bonchev–Trinajstić information content (AvgIpc) is 2.41. The van der Waals surface area contributed by atoms with Gasteiger partial charge in [-0.15, -0.1) is 0 Å². The minimum Gasteiger partial charge on any atom is -0.493 e. The fourth-order valence-electron chi connectivity index (χ4n) is 1.73. The number of carbonyl (C=O) groups is 1. The number of hydrogen-bond acceptors (Lipinski definition) is 3. The van der Waals surface area contributed by atoms with E-state index in [1.807, 2.05) is 31.2 Å². The molecule has 1 aromatic carbocycles. The quantitative estimate of drug-likeness (QED) is 0.672. The number of nitrogens with one attached hydrogen (secondary N) is 2. The Labute approximate surface area is 115 Å². The molecule has 2 N–H and O–H groups in total. The third-order valence-corrected chi connectivity index (χ3v) is 2.68. The van der Waals surface area contributed by atoms with Gasteiger partial charge in [-0.1, -0.05) is 25.1 Å². The molecule has 106 valence electrons. The molecule has 1 aromatic rings. The Balaban J connectivity index is 2.41. The molecule has 0 radical (unpaired) electrons. The minimum atomic E-state index is 0.0316. The molecule has 1 amide bonds. The standard InChI is InChI=1S/C15H24N2O2/c1-3-10-16-12-13-7-5-6-8-14(13)19-11-9-15(18)17-4-2/h5-8,16H,3-4,9-12H2,1-2H3,(H,17,18). The maximum absolute atomic E-state index is 11.3. The van der Waals surface area contributed by atoms with Gasteiger partial charge >= 0.3 is 0 Å². The van der Waals surface area contributed by atoms with Crippen LogP contribution >= 0.6 is 0 Å². The molecule has 4 heteroatoms. The van der Waals surface area contributed by atoms with Crippen LogP contribution in [0.2, 0.25) is 0 Å². The molecular formula is C15H24N2O2. The Morgan fingerprint density at radius 3 is 2.79 bits per heavy atom. The highest BCUT2D eigenvalue weighted by Gasteiger charge is 2.04. The van der Waals surface area contributed by atoms with Crippen molar-refractivity contribution in [2.45, 2.75) is 33.2 Å². The van der Waals surface area contributed by atoms with Crippen molar-refractivity contribution in [3.63, 3.8) is 0 Å². The van der Waals surface area contributed by atoms with Gasteiger partial charge in [0.15, 0.2) is 0 Å². The van der Waals surface area contributed by atoms with E-state index in [1.165, 1.54) is 0 Å². The van der Waals surface area contributed by atoms with Crippen molar-refractivity contribution >= 4 is 5.91 Å². The molecule has 0 aliphatic carbocycles. The van der Waals surface area contributed by atoms with Crippen LogP contribution in [-0.4, -0.2) is 25.6 Å². The van der Waals surface area contributed by atoms with E-state index < -0.39 is 0 Å². The molecule has 0 bridgehead atoms. The van der Waals surface area contributed by atoms with Gasteiger partial charge in [0.1, 0.15) is 5.75 Å². The fraction of sp³-hybridized carbons (Fsp3) is 0.533. The van der Waals surface area contributed by atoms with Gasteiger partial charge in [0.25, 0.3) is 0 Å². The van der Waals surface area contributed by atoms with E-state index in [2.05, 4.69) is 17.6 Å². The van der Waals surface area contributed by atoms with Crippen molar-refractivity contribution in [3.8, 4) is 5.75 Å². The second-order valence-electron chi connectivity index (χ2n) is 4.34. The third-order valence-electron chi connectivity index (χ3n) is 2.68. The molecule has 4 nitrogen and oxygen atoms in total. The molecule has 0 fully saturated rings. The molecule has 0 saturated carbocycles. The van der Waals surface area contributed by atoms with E-state index in [4.69, 9.17) is 4.74 Å². The number of benzene rings is 1. The van der Waals surface area contributed by atoms with Crippen LogP contribution in [0.5, 0.6) is 5.75 Å². The maximum Gasteiger partial charge on any atom is 0.223 e. The fourth-order valence-corrected chi connectivity index (χ4v) is 1.73. The summed E-state index contributed by atoms with van der Waals surface area (Å²) in [6.07, 6.45) is 1.50. The second kappa shape index (κ2) is 9.39. The zero-order chi connectivity index (χ0) is 13.9. The molecule has 0 aliphatic heterocycles. The number of para-hydroxylation sites is 1. The zero-order valence-corrected chi connectivity index (χ0v) is 11.9. The van der Waals surface area contributed by atoms with E-state index in [1.54, 1.807) is 0 Å². The number of carbonyl (C=O) groups excluding carboxylic acids is 1. The van der Waals surface area contributed by atoms with Crippen molar-refractivity contribution in [2.24, 2.45) is 0 Å². The van der Waals surface area contributed by atoms with Crippen LogP contribution in [0.25, 0.3) is 0 Å². The molecule has 0 saturated heterocycles. The summed E-state index contributed by atoms with van der Waals surface area (Å²) >= 11 is 0. The van der Waals surface area contributed by atoms with Gasteiger partial charge in [-0.3, -0.25) is 4.79 Å².